The van der Waals surface area contributed by atoms with Crippen LogP contribution in [0.1, 0.15) is 44.6 Å². The van der Waals surface area contributed by atoms with Gasteiger partial charge < -0.3 is 19.8 Å². The molecular weight excluding hydrogens is 619 g/mol. The van der Waals surface area contributed by atoms with Gasteiger partial charge in [-0.3, -0.25) is 9.88 Å². The van der Waals surface area contributed by atoms with Crippen LogP contribution in [0.15, 0.2) is 30.5 Å². The number of ether oxygens (including phenoxy) is 1. The van der Waals surface area contributed by atoms with Gasteiger partial charge in [0.25, 0.3) is 0 Å². The SMILES string of the molecule is CCc1c(F)ccc2cc(O)cc(-c3ncc4c(N5CCCC(CO)(CCl)C5)nc(OC[C@@]56CCCN5C[C@H](F)C6)nc4c3F)c12. The Balaban J connectivity index is 1.38. The Morgan fingerprint density at radius 1 is 1.13 bits per heavy atom. The van der Waals surface area contributed by atoms with Crippen LogP contribution < -0.4 is 9.64 Å². The molecule has 5 heterocycles. The summed E-state index contributed by atoms with van der Waals surface area (Å²) in [6.45, 7) is 4.00. The van der Waals surface area contributed by atoms with Crippen molar-refractivity contribution >= 4 is 39.1 Å². The molecule has 3 aliphatic heterocycles. The number of aromatic hydroxyl groups is 1. The first-order chi connectivity index (χ1) is 22.2. The number of halogens is 4. The highest BCUT2D eigenvalue weighted by molar-refractivity contribution is 6.18. The second-order valence-electron chi connectivity index (χ2n) is 13.2. The summed E-state index contributed by atoms with van der Waals surface area (Å²) in [5.74, 6) is -0.660. The molecule has 3 atom stereocenters. The number of piperidine rings is 1. The fraction of sp³-hybridized carbons (Fsp3) is 0.500. The molecule has 1 unspecified atom stereocenters. The van der Waals surface area contributed by atoms with E-state index in [0.29, 0.717) is 60.0 Å². The molecule has 0 bridgehead atoms. The van der Waals surface area contributed by atoms with Crippen molar-refractivity contribution in [3.8, 4) is 23.0 Å². The van der Waals surface area contributed by atoms with Gasteiger partial charge in [0.1, 0.15) is 41.4 Å². The minimum Gasteiger partial charge on any atom is -0.508 e. The van der Waals surface area contributed by atoms with E-state index < -0.39 is 28.8 Å². The quantitative estimate of drug-likeness (QED) is 0.218. The van der Waals surface area contributed by atoms with Crippen LogP contribution in [0, 0.1) is 17.0 Å². The van der Waals surface area contributed by atoms with Gasteiger partial charge in [-0.2, -0.15) is 9.97 Å². The monoisotopic (exact) mass is 655 g/mol. The van der Waals surface area contributed by atoms with Crippen LogP contribution in [-0.4, -0.2) is 87.0 Å². The van der Waals surface area contributed by atoms with Crippen LogP contribution in [0.5, 0.6) is 11.8 Å². The van der Waals surface area contributed by atoms with E-state index in [4.69, 9.17) is 21.3 Å². The second-order valence-corrected chi connectivity index (χ2v) is 13.4. The number of benzene rings is 2. The summed E-state index contributed by atoms with van der Waals surface area (Å²) in [6, 6.07) is 5.74. The standard InChI is InChI=1S/C34H37ClF3N5O3/c1-2-23-26(37)6-5-20-11-22(45)12-24(27(20)23)29-28(38)30-25(14-39-29)31(42-9-3-7-33(16-35,17-42)18-44)41-32(40-30)46-19-34-8-4-10-43(34)15-21(36)13-34/h5-6,11-12,14,21,44-45H,2-4,7-10,13,15-19H2,1H3/t21-,33?,34+/m1/s1. The van der Waals surface area contributed by atoms with E-state index in [1.165, 1.54) is 24.4 Å². The number of anilines is 1. The molecule has 3 aliphatic rings. The predicted molar refractivity (Wildman–Crippen MR) is 171 cm³/mol. The Hall–Kier alpha value is -3.41. The lowest BCUT2D eigenvalue weighted by atomic mass is 9.82. The number of nitrogens with zero attached hydrogens (tertiary/aromatic N) is 5. The normalized spacial score (nSPS) is 25.1. The Bertz CT molecular complexity index is 1810. The first-order valence-corrected chi connectivity index (χ1v) is 16.5. The summed E-state index contributed by atoms with van der Waals surface area (Å²) in [6.07, 6.45) is 4.46. The number of fused-ring (bicyclic) bond motifs is 3. The Kier molecular flexibility index (Phi) is 8.13. The Labute approximate surface area is 270 Å². The zero-order chi connectivity index (χ0) is 32.2. The number of aryl methyl sites for hydroxylation is 1. The summed E-state index contributed by atoms with van der Waals surface area (Å²) in [7, 11) is 0. The van der Waals surface area contributed by atoms with Crippen LogP contribution in [0.4, 0.5) is 19.0 Å². The molecule has 4 aromatic rings. The molecule has 3 saturated heterocycles. The number of alkyl halides is 2. The average molecular weight is 656 g/mol. The van der Waals surface area contributed by atoms with Crippen molar-refractivity contribution in [2.24, 2.45) is 5.41 Å². The van der Waals surface area contributed by atoms with Gasteiger partial charge in [-0.05, 0) is 73.2 Å². The third-order valence-electron chi connectivity index (χ3n) is 10.2. The lowest BCUT2D eigenvalue weighted by Crippen LogP contribution is -2.47. The number of rotatable bonds is 8. The van der Waals surface area contributed by atoms with Gasteiger partial charge in [0.2, 0.25) is 0 Å². The molecule has 0 amide bonds. The van der Waals surface area contributed by atoms with Crippen LogP contribution >= 0.6 is 11.6 Å². The van der Waals surface area contributed by atoms with Gasteiger partial charge in [0.05, 0.1) is 17.5 Å². The molecule has 46 heavy (non-hydrogen) atoms. The van der Waals surface area contributed by atoms with Gasteiger partial charge in [0.15, 0.2) is 5.82 Å². The highest BCUT2D eigenvalue weighted by atomic mass is 35.5. The molecule has 2 aromatic heterocycles. The summed E-state index contributed by atoms with van der Waals surface area (Å²) < 4.78 is 52.5. The summed E-state index contributed by atoms with van der Waals surface area (Å²) in [5, 5.41) is 22.2. The molecule has 7 rings (SSSR count). The zero-order valence-electron chi connectivity index (χ0n) is 25.7. The number of aliphatic hydroxyl groups is 1. The first kappa shape index (κ1) is 31.2. The highest BCUT2D eigenvalue weighted by Crippen LogP contribution is 2.42. The zero-order valence-corrected chi connectivity index (χ0v) is 26.5. The molecule has 0 saturated carbocycles. The predicted octanol–water partition coefficient (Wildman–Crippen LogP) is 6.16. The molecular formula is C34H37ClF3N5O3. The molecule has 8 nitrogen and oxygen atoms in total. The molecule has 0 spiro atoms. The van der Waals surface area contributed by atoms with Crippen molar-refractivity contribution in [3.63, 3.8) is 0 Å². The molecule has 12 heteroatoms. The van der Waals surface area contributed by atoms with E-state index in [1.54, 1.807) is 6.07 Å². The third-order valence-corrected chi connectivity index (χ3v) is 10.8. The first-order valence-electron chi connectivity index (χ1n) is 15.9. The van der Waals surface area contributed by atoms with E-state index in [9.17, 15) is 19.0 Å². The maximum atomic E-state index is 16.8. The molecule has 0 aliphatic carbocycles. The molecule has 2 N–H and O–H groups in total. The lowest BCUT2D eigenvalue weighted by Gasteiger charge is -2.41. The van der Waals surface area contributed by atoms with Crippen LogP contribution in [-0.2, 0) is 6.42 Å². The average Bonchev–Trinajstić information content (AvgIpc) is 3.59. The van der Waals surface area contributed by atoms with Crippen molar-refractivity contribution in [1.82, 2.24) is 19.9 Å². The second kappa shape index (κ2) is 12.0. The highest BCUT2D eigenvalue weighted by Gasteiger charge is 2.49. The van der Waals surface area contributed by atoms with Crippen molar-refractivity contribution < 1.29 is 28.1 Å². The van der Waals surface area contributed by atoms with Gasteiger partial charge in [-0.25, -0.2) is 13.2 Å². The molecule has 244 valence electrons. The van der Waals surface area contributed by atoms with Crippen molar-refractivity contribution in [1.29, 1.82) is 0 Å². The minimum absolute atomic E-state index is 0.0439. The van der Waals surface area contributed by atoms with Gasteiger partial charge in [0, 0.05) is 49.1 Å². The maximum Gasteiger partial charge on any atom is 0.319 e. The van der Waals surface area contributed by atoms with Crippen LogP contribution in [0.25, 0.3) is 32.9 Å². The number of aliphatic hydroxyl groups excluding tert-OH is 1. The molecule has 2 aromatic carbocycles. The topological polar surface area (TPSA) is 94.8 Å². The minimum atomic E-state index is -0.937. The number of phenolic OH excluding ortho intramolecular Hbond substituents is 1. The molecule has 3 fully saturated rings. The fourth-order valence-electron chi connectivity index (χ4n) is 7.86. The fourth-order valence-corrected chi connectivity index (χ4v) is 8.17. The van der Waals surface area contributed by atoms with E-state index in [0.717, 1.165) is 32.2 Å². The van der Waals surface area contributed by atoms with Crippen molar-refractivity contribution in [3.05, 3.63) is 47.7 Å². The molecule has 0 radical (unpaired) electrons. The van der Waals surface area contributed by atoms with E-state index in [2.05, 4.69) is 14.9 Å². The lowest BCUT2D eigenvalue weighted by molar-refractivity contribution is 0.107. The summed E-state index contributed by atoms with van der Waals surface area (Å²) in [4.78, 5) is 17.9. The number of phenols is 1. The maximum absolute atomic E-state index is 16.8. The summed E-state index contributed by atoms with van der Waals surface area (Å²) >= 11 is 6.34. The van der Waals surface area contributed by atoms with E-state index in [1.807, 2.05) is 11.8 Å². The van der Waals surface area contributed by atoms with Crippen LogP contribution in [0.3, 0.4) is 0 Å². The Morgan fingerprint density at radius 3 is 2.74 bits per heavy atom. The van der Waals surface area contributed by atoms with Gasteiger partial charge in [-0.15, -0.1) is 11.6 Å². The number of aromatic nitrogens is 3. The Morgan fingerprint density at radius 2 is 1.96 bits per heavy atom. The van der Waals surface area contributed by atoms with Gasteiger partial charge >= 0.3 is 6.01 Å². The number of hydrogen-bond donors (Lipinski definition) is 2. The van der Waals surface area contributed by atoms with Gasteiger partial charge in [-0.1, -0.05) is 13.0 Å². The van der Waals surface area contributed by atoms with Crippen molar-refractivity contribution in [2.45, 2.75) is 57.2 Å². The largest absolute Gasteiger partial charge is 0.508 e. The summed E-state index contributed by atoms with van der Waals surface area (Å²) in [5.41, 5.74) is -0.527. The number of hydrogen-bond acceptors (Lipinski definition) is 8. The third kappa shape index (κ3) is 5.20. The smallest absolute Gasteiger partial charge is 0.319 e. The van der Waals surface area contributed by atoms with Crippen molar-refractivity contribution in [2.75, 3.05) is 50.2 Å². The van der Waals surface area contributed by atoms with Crippen LogP contribution in [0.2, 0.25) is 0 Å². The van der Waals surface area contributed by atoms with E-state index >= 15 is 4.39 Å². The van der Waals surface area contributed by atoms with E-state index in [-0.39, 0.29) is 47.6 Å². The number of pyridine rings is 1.